The van der Waals surface area contributed by atoms with Gasteiger partial charge in [0.05, 0.1) is 11.3 Å². The van der Waals surface area contributed by atoms with Crippen molar-refractivity contribution >= 4 is 27.5 Å². The van der Waals surface area contributed by atoms with Crippen molar-refractivity contribution in [2.24, 2.45) is 0 Å². The third-order valence-electron chi connectivity index (χ3n) is 4.19. The Morgan fingerprint density at radius 1 is 1.35 bits per heavy atom. The Balaban J connectivity index is 1.93. The van der Waals surface area contributed by atoms with Crippen molar-refractivity contribution < 1.29 is 34.0 Å². The number of hydrogen-bond acceptors (Lipinski definition) is 9. The molecule has 5 atom stereocenters. The number of aryl methyl sites for hydroxylation is 1. The first-order valence-electron chi connectivity index (χ1n) is 7.91. The Hall–Kier alpha value is -1.98. The number of carbonyl (C=O) groups excluding carboxylic acids is 1. The smallest absolute Gasteiger partial charge is 0.396 e. The average Bonchev–Trinajstić information content (AvgIpc) is 2.97. The highest BCUT2D eigenvalue weighted by Crippen LogP contribution is 2.32. The molecule has 2 aromatic rings. The maximum Gasteiger partial charge on any atom is 0.396 e. The average molecular weight is 385 g/mol. The number of nitrogens with one attached hydrogen (secondary N) is 1. The molecule has 0 radical (unpaired) electrons. The Morgan fingerprint density at radius 2 is 2.08 bits per heavy atom. The first-order valence-corrected chi connectivity index (χ1v) is 8.73. The molecule has 4 N–H and O–H groups in total. The van der Waals surface area contributed by atoms with Crippen molar-refractivity contribution in [1.82, 2.24) is 5.32 Å². The Morgan fingerprint density at radius 3 is 2.73 bits per heavy atom. The number of benzene rings is 1. The van der Waals surface area contributed by atoms with Crippen LogP contribution in [0.4, 0.5) is 0 Å². The topological polar surface area (TPSA) is 138 Å². The molecule has 1 aromatic carbocycles. The molecular formula is C16H19NO8S. The molecule has 1 aliphatic rings. The molecule has 0 bridgehead atoms. The van der Waals surface area contributed by atoms with Crippen LogP contribution >= 0.6 is 11.3 Å². The SMILES string of the molecule is CC(=O)N[C@@H]1[C@@H](Oc2ccc3oc(=O)sc3c2C)O[C@H](CO)[C@H](O)[C@@H]1O. The maximum absolute atomic E-state index is 11.4. The van der Waals surface area contributed by atoms with Crippen molar-refractivity contribution in [3.63, 3.8) is 0 Å². The molecule has 0 aliphatic carbocycles. The zero-order valence-corrected chi connectivity index (χ0v) is 14.9. The minimum absolute atomic E-state index is 0.357. The van der Waals surface area contributed by atoms with Crippen LogP contribution in [-0.4, -0.2) is 58.5 Å². The van der Waals surface area contributed by atoms with E-state index < -0.39 is 48.1 Å². The van der Waals surface area contributed by atoms with Crippen LogP contribution in [0, 0.1) is 6.92 Å². The molecule has 0 saturated carbocycles. The Bertz CT molecular complexity index is 862. The van der Waals surface area contributed by atoms with Gasteiger partial charge in [0.25, 0.3) is 0 Å². The second-order valence-electron chi connectivity index (χ2n) is 6.02. The molecule has 1 aromatic heterocycles. The summed E-state index contributed by atoms with van der Waals surface area (Å²) >= 11 is 0.930. The van der Waals surface area contributed by atoms with Gasteiger partial charge < -0.3 is 34.5 Å². The third kappa shape index (κ3) is 3.46. The highest BCUT2D eigenvalue weighted by molar-refractivity contribution is 7.16. The lowest BCUT2D eigenvalue weighted by atomic mass is 9.97. The lowest BCUT2D eigenvalue weighted by molar-refractivity contribution is -0.244. The van der Waals surface area contributed by atoms with E-state index in [0.29, 0.717) is 21.6 Å². The van der Waals surface area contributed by atoms with Gasteiger partial charge in [0.15, 0.2) is 0 Å². The molecule has 2 heterocycles. The maximum atomic E-state index is 11.4. The van der Waals surface area contributed by atoms with Crippen molar-refractivity contribution in [2.45, 2.75) is 44.5 Å². The summed E-state index contributed by atoms with van der Waals surface area (Å²) in [6, 6.07) is 2.09. The lowest BCUT2D eigenvalue weighted by Gasteiger charge is -2.42. The largest absolute Gasteiger partial charge is 0.462 e. The Labute approximate surface area is 151 Å². The molecular weight excluding hydrogens is 366 g/mol. The summed E-state index contributed by atoms with van der Waals surface area (Å²) in [5.74, 6) is -0.0868. The fourth-order valence-electron chi connectivity index (χ4n) is 2.87. The van der Waals surface area contributed by atoms with Crippen LogP contribution in [0.2, 0.25) is 0 Å². The number of ether oxygens (including phenoxy) is 2. The van der Waals surface area contributed by atoms with E-state index in [9.17, 15) is 24.9 Å². The summed E-state index contributed by atoms with van der Waals surface area (Å²) in [6.07, 6.45) is -5.02. The van der Waals surface area contributed by atoms with Crippen molar-refractivity contribution in [1.29, 1.82) is 0 Å². The van der Waals surface area contributed by atoms with Gasteiger partial charge in [-0.05, 0) is 19.1 Å². The molecule has 1 aliphatic heterocycles. The van der Waals surface area contributed by atoms with E-state index in [1.54, 1.807) is 19.1 Å². The van der Waals surface area contributed by atoms with E-state index in [1.807, 2.05) is 0 Å². The number of amides is 1. The number of fused-ring (bicyclic) bond motifs is 1. The molecule has 1 amide bonds. The van der Waals surface area contributed by atoms with Crippen LogP contribution in [-0.2, 0) is 9.53 Å². The normalized spacial score (nSPS) is 28.9. The molecule has 142 valence electrons. The molecule has 9 nitrogen and oxygen atoms in total. The summed E-state index contributed by atoms with van der Waals surface area (Å²) in [7, 11) is 0. The summed E-state index contributed by atoms with van der Waals surface area (Å²) in [4.78, 5) is 22.4. The molecule has 10 heteroatoms. The zero-order valence-electron chi connectivity index (χ0n) is 14.0. The van der Waals surface area contributed by atoms with Gasteiger partial charge >= 0.3 is 4.94 Å². The second-order valence-corrected chi connectivity index (χ2v) is 6.97. The van der Waals surface area contributed by atoms with Crippen LogP contribution in [0.25, 0.3) is 10.3 Å². The monoisotopic (exact) mass is 385 g/mol. The van der Waals surface area contributed by atoms with Gasteiger partial charge in [0.2, 0.25) is 12.2 Å². The second kappa shape index (κ2) is 7.33. The Kier molecular flexibility index (Phi) is 5.30. The highest BCUT2D eigenvalue weighted by atomic mass is 32.1. The number of hydrogen-bond donors (Lipinski definition) is 4. The predicted molar refractivity (Wildman–Crippen MR) is 91.1 cm³/mol. The highest BCUT2D eigenvalue weighted by Gasteiger charge is 2.46. The van der Waals surface area contributed by atoms with Crippen molar-refractivity contribution in [3.8, 4) is 5.75 Å². The number of aliphatic hydroxyl groups is 3. The fraction of sp³-hybridized carbons (Fsp3) is 0.500. The van der Waals surface area contributed by atoms with Gasteiger partial charge in [-0.25, -0.2) is 4.79 Å². The minimum atomic E-state index is -1.40. The van der Waals surface area contributed by atoms with Crippen LogP contribution in [0.15, 0.2) is 21.3 Å². The fourth-order valence-corrected chi connectivity index (χ4v) is 3.64. The van der Waals surface area contributed by atoms with Gasteiger partial charge in [-0.3, -0.25) is 4.79 Å². The van der Waals surface area contributed by atoms with Gasteiger partial charge in [-0.1, -0.05) is 11.3 Å². The van der Waals surface area contributed by atoms with Gasteiger partial charge in [-0.2, -0.15) is 0 Å². The summed E-state index contributed by atoms with van der Waals surface area (Å²) in [6.45, 7) is 2.45. The van der Waals surface area contributed by atoms with Crippen LogP contribution in [0.5, 0.6) is 5.75 Å². The molecule has 0 spiro atoms. The van der Waals surface area contributed by atoms with E-state index in [1.165, 1.54) is 6.92 Å². The van der Waals surface area contributed by atoms with Crippen molar-refractivity contribution in [2.75, 3.05) is 6.61 Å². The standard InChI is InChI=1S/C16H19NO8S/c1-6-8(3-4-9-14(6)26-16(22)25-9)23-15-11(17-7(2)19)13(21)12(20)10(5-18)24-15/h3-4,10-13,15,18,20-21H,5H2,1-2H3,(H,17,19)/t10-,11+,12+,13-,15+/m1/s1. The number of carbonyl (C=O) groups is 1. The van der Waals surface area contributed by atoms with E-state index in [2.05, 4.69) is 5.32 Å². The summed E-state index contributed by atoms with van der Waals surface area (Å²) < 4.78 is 17.0. The van der Waals surface area contributed by atoms with Gasteiger partial charge in [-0.15, -0.1) is 0 Å². The van der Waals surface area contributed by atoms with Crippen LogP contribution in [0.1, 0.15) is 12.5 Å². The van der Waals surface area contributed by atoms with Crippen LogP contribution < -0.4 is 15.0 Å². The quantitative estimate of drug-likeness (QED) is 0.552. The van der Waals surface area contributed by atoms with E-state index in [4.69, 9.17) is 13.9 Å². The predicted octanol–water partition coefficient (Wildman–Crippen LogP) is -0.515. The zero-order chi connectivity index (χ0) is 19.0. The molecule has 26 heavy (non-hydrogen) atoms. The van der Waals surface area contributed by atoms with Crippen molar-refractivity contribution in [3.05, 3.63) is 27.4 Å². The van der Waals surface area contributed by atoms with E-state index >= 15 is 0 Å². The van der Waals surface area contributed by atoms with Gasteiger partial charge in [0.1, 0.15) is 35.7 Å². The van der Waals surface area contributed by atoms with E-state index in [-0.39, 0.29) is 0 Å². The molecule has 0 unspecified atom stereocenters. The number of aliphatic hydroxyl groups excluding tert-OH is 3. The third-order valence-corrected chi connectivity index (χ3v) is 5.15. The molecule has 1 saturated heterocycles. The lowest BCUT2D eigenvalue weighted by Crippen LogP contribution is -2.65. The van der Waals surface area contributed by atoms with E-state index in [0.717, 1.165) is 11.3 Å². The summed E-state index contributed by atoms with van der Waals surface area (Å²) in [5.41, 5.74) is 1.06. The first-order chi connectivity index (χ1) is 12.3. The molecule has 3 rings (SSSR count). The van der Waals surface area contributed by atoms with Gasteiger partial charge in [0, 0.05) is 12.5 Å². The first kappa shape index (κ1) is 18.8. The molecule has 1 fully saturated rings. The number of rotatable bonds is 4. The minimum Gasteiger partial charge on any atom is -0.462 e. The van der Waals surface area contributed by atoms with Crippen LogP contribution in [0.3, 0.4) is 0 Å². The summed E-state index contributed by atoms with van der Waals surface area (Å²) in [5, 5.41) is 32.1.